The standard InChI is InChI=1S/C15H24N4O/c1-3-5-12-6-4-10-19(11-9-12)15(20)13-7-8-14(16-2)18-17-13/h7-8,12H,3-6,9-11H2,1-2H3,(H,16,18). The maximum absolute atomic E-state index is 12.4. The van der Waals surface area contributed by atoms with Crippen LogP contribution in [-0.4, -0.2) is 41.1 Å². The number of hydrogen-bond donors (Lipinski definition) is 1. The summed E-state index contributed by atoms with van der Waals surface area (Å²) >= 11 is 0. The summed E-state index contributed by atoms with van der Waals surface area (Å²) in [5.41, 5.74) is 0.443. The van der Waals surface area contributed by atoms with Gasteiger partial charge in [0.15, 0.2) is 5.69 Å². The molecule has 1 aromatic rings. The van der Waals surface area contributed by atoms with E-state index in [1.807, 2.05) is 4.90 Å². The fourth-order valence-corrected chi connectivity index (χ4v) is 2.81. The van der Waals surface area contributed by atoms with E-state index in [2.05, 4.69) is 22.4 Å². The third kappa shape index (κ3) is 3.68. The van der Waals surface area contributed by atoms with Gasteiger partial charge in [0.25, 0.3) is 5.91 Å². The minimum absolute atomic E-state index is 0.0114. The number of carbonyl (C=O) groups excluding carboxylic acids is 1. The molecular weight excluding hydrogens is 252 g/mol. The highest BCUT2D eigenvalue weighted by atomic mass is 16.2. The SMILES string of the molecule is CCCC1CCCN(C(=O)c2ccc(NC)nn2)CC1. The topological polar surface area (TPSA) is 58.1 Å². The van der Waals surface area contributed by atoms with Crippen molar-refractivity contribution < 1.29 is 4.79 Å². The van der Waals surface area contributed by atoms with Crippen molar-refractivity contribution in [2.45, 2.75) is 39.0 Å². The molecule has 1 unspecified atom stereocenters. The number of carbonyl (C=O) groups is 1. The van der Waals surface area contributed by atoms with Crippen molar-refractivity contribution in [1.82, 2.24) is 15.1 Å². The molecule has 1 atom stereocenters. The van der Waals surface area contributed by atoms with E-state index in [0.717, 1.165) is 31.8 Å². The molecule has 1 aliphatic rings. The van der Waals surface area contributed by atoms with Crippen LogP contribution in [0.1, 0.15) is 49.5 Å². The van der Waals surface area contributed by atoms with Gasteiger partial charge in [-0.2, -0.15) is 0 Å². The summed E-state index contributed by atoms with van der Waals surface area (Å²) in [6, 6.07) is 3.54. The molecule has 1 N–H and O–H groups in total. The second-order valence-electron chi connectivity index (χ2n) is 5.43. The molecule has 2 heterocycles. The van der Waals surface area contributed by atoms with Crippen molar-refractivity contribution in [3.05, 3.63) is 17.8 Å². The normalized spacial score (nSPS) is 19.5. The van der Waals surface area contributed by atoms with E-state index in [1.165, 1.54) is 19.3 Å². The van der Waals surface area contributed by atoms with Gasteiger partial charge in [0.05, 0.1) is 0 Å². The van der Waals surface area contributed by atoms with Gasteiger partial charge in [0.2, 0.25) is 0 Å². The molecule has 110 valence electrons. The van der Waals surface area contributed by atoms with Crippen molar-refractivity contribution in [3.63, 3.8) is 0 Å². The van der Waals surface area contributed by atoms with E-state index in [9.17, 15) is 4.79 Å². The molecule has 5 heteroatoms. The molecule has 0 spiro atoms. The van der Waals surface area contributed by atoms with Crippen LogP contribution in [0.15, 0.2) is 12.1 Å². The Bertz CT molecular complexity index is 432. The van der Waals surface area contributed by atoms with Crippen LogP contribution >= 0.6 is 0 Å². The van der Waals surface area contributed by atoms with Gasteiger partial charge in [0, 0.05) is 20.1 Å². The Labute approximate surface area is 120 Å². The lowest BCUT2D eigenvalue weighted by Gasteiger charge is -2.20. The maximum atomic E-state index is 12.4. The summed E-state index contributed by atoms with van der Waals surface area (Å²) in [4.78, 5) is 14.3. The highest BCUT2D eigenvalue weighted by Gasteiger charge is 2.22. The lowest BCUT2D eigenvalue weighted by molar-refractivity contribution is 0.0753. The second kappa shape index (κ2) is 7.22. The Balaban J connectivity index is 1.97. The average molecular weight is 276 g/mol. The van der Waals surface area contributed by atoms with Crippen molar-refractivity contribution in [3.8, 4) is 0 Å². The second-order valence-corrected chi connectivity index (χ2v) is 5.43. The Kier molecular flexibility index (Phi) is 5.32. The summed E-state index contributed by atoms with van der Waals surface area (Å²) in [6.07, 6.45) is 5.95. The number of likely N-dealkylation sites (tertiary alicyclic amines) is 1. The van der Waals surface area contributed by atoms with Crippen LogP contribution < -0.4 is 5.32 Å². The maximum Gasteiger partial charge on any atom is 0.274 e. The third-order valence-corrected chi connectivity index (χ3v) is 3.97. The van der Waals surface area contributed by atoms with Gasteiger partial charge in [0.1, 0.15) is 5.82 Å². The molecule has 0 bridgehead atoms. The molecule has 1 aliphatic heterocycles. The number of aromatic nitrogens is 2. The Morgan fingerprint density at radius 1 is 1.35 bits per heavy atom. The van der Waals surface area contributed by atoms with Crippen molar-refractivity contribution in [1.29, 1.82) is 0 Å². The fraction of sp³-hybridized carbons (Fsp3) is 0.667. The first-order chi connectivity index (χ1) is 9.74. The Morgan fingerprint density at radius 3 is 2.85 bits per heavy atom. The number of rotatable bonds is 4. The van der Waals surface area contributed by atoms with Crippen LogP contribution in [0.25, 0.3) is 0 Å². The molecule has 20 heavy (non-hydrogen) atoms. The molecule has 0 radical (unpaired) electrons. The first-order valence-electron chi connectivity index (χ1n) is 7.55. The van der Waals surface area contributed by atoms with E-state index in [-0.39, 0.29) is 5.91 Å². The number of hydrogen-bond acceptors (Lipinski definition) is 4. The van der Waals surface area contributed by atoms with Crippen LogP contribution in [0.5, 0.6) is 0 Å². The summed E-state index contributed by atoms with van der Waals surface area (Å²) in [6.45, 7) is 3.92. The molecular formula is C15H24N4O. The average Bonchev–Trinajstić information content (AvgIpc) is 2.73. The van der Waals surface area contributed by atoms with Gasteiger partial charge in [-0.3, -0.25) is 4.79 Å². The van der Waals surface area contributed by atoms with Crippen molar-refractivity contribution in [2.24, 2.45) is 5.92 Å². The first kappa shape index (κ1) is 14.8. The Morgan fingerprint density at radius 2 is 2.20 bits per heavy atom. The summed E-state index contributed by atoms with van der Waals surface area (Å²) in [7, 11) is 1.79. The summed E-state index contributed by atoms with van der Waals surface area (Å²) in [5.74, 6) is 1.47. The molecule has 2 rings (SSSR count). The molecule has 0 aliphatic carbocycles. The van der Waals surface area contributed by atoms with E-state index in [0.29, 0.717) is 11.5 Å². The number of nitrogens with one attached hydrogen (secondary N) is 1. The predicted octanol–water partition coefficient (Wildman–Crippen LogP) is 2.56. The first-order valence-corrected chi connectivity index (χ1v) is 7.55. The molecule has 5 nitrogen and oxygen atoms in total. The largest absolute Gasteiger partial charge is 0.372 e. The lowest BCUT2D eigenvalue weighted by atomic mass is 9.96. The van der Waals surface area contributed by atoms with Gasteiger partial charge in [-0.05, 0) is 37.3 Å². The minimum Gasteiger partial charge on any atom is -0.372 e. The molecule has 1 aromatic heterocycles. The zero-order valence-electron chi connectivity index (χ0n) is 12.4. The van der Waals surface area contributed by atoms with Gasteiger partial charge in [-0.1, -0.05) is 19.8 Å². The van der Waals surface area contributed by atoms with Gasteiger partial charge in [-0.25, -0.2) is 0 Å². The molecule has 0 saturated carbocycles. The number of anilines is 1. The Hall–Kier alpha value is -1.65. The molecule has 0 aromatic carbocycles. The van der Waals surface area contributed by atoms with E-state index in [1.54, 1.807) is 19.2 Å². The smallest absolute Gasteiger partial charge is 0.274 e. The monoisotopic (exact) mass is 276 g/mol. The number of nitrogens with zero attached hydrogens (tertiary/aromatic N) is 3. The van der Waals surface area contributed by atoms with Gasteiger partial charge < -0.3 is 10.2 Å². The predicted molar refractivity (Wildman–Crippen MR) is 79.7 cm³/mol. The molecule has 1 amide bonds. The van der Waals surface area contributed by atoms with Crippen molar-refractivity contribution in [2.75, 3.05) is 25.5 Å². The van der Waals surface area contributed by atoms with Crippen LogP contribution in [0.2, 0.25) is 0 Å². The van der Waals surface area contributed by atoms with Crippen LogP contribution in [0.4, 0.5) is 5.82 Å². The van der Waals surface area contributed by atoms with E-state index in [4.69, 9.17) is 0 Å². The lowest BCUT2D eigenvalue weighted by Crippen LogP contribution is -2.32. The highest BCUT2D eigenvalue weighted by molar-refractivity contribution is 5.92. The highest BCUT2D eigenvalue weighted by Crippen LogP contribution is 2.22. The quantitative estimate of drug-likeness (QED) is 0.918. The number of amides is 1. The molecule has 1 saturated heterocycles. The zero-order chi connectivity index (χ0) is 14.4. The summed E-state index contributed by atoms with van der Waals surface area (Å²) in [5, 5.41) is 10.9. The van der Waals surface area contributed by atoms with Crippen LogP contribution in [0, 0.1) is 5.92 Å². The molecule has 1 fully saturated rings. The minimum atomic E-state index is 0.0114. The van der Waals surface area contributed by atoms with Crippen LogP contribution in [0.3, 0.4) is 0 Å². The zero-order valence-corrected chi connectivity index (χ0v) is 12.4. The van der Waals surface area contributed by atoms with E-state index >= 15 is 0 Å². The third-order valence-electron chi connectivity index (χ3n) is 3.97. The van der Waals surface area contributed by atoms with Crippen LogP contribution in [-0.2, 0) is 0 Å². The fourth-order valence-electron chi connectivity index (χ4n) is 2.81. The van der Waals surface area contributed by atoms with Gasteiger partial charge >= 0.3 is 0 Å². The van der Waals surface area contributed by atoms with Crippen molar-refractivity contribution >= 4 is 11.7 Å². The van der Waals surface area contributed by atoms with Gasteiger partial charge in [-0.15, -0.1) is 10.2 Å². The summed E-state index contributed by atoms with van der Waals surface area (Å²) < 4.78 is 0. The van der Waals surface area contributed by atoms with E-state index < -0.39 is 0 Å².